The molecule has 2 aliphatic heterocycles. The lowest BCUT2D eigenvalue weighted by Crippen LogP contribution is -2.24. The summed E-state index contributed by atoms with van der Waals surface area (Å²) in [5, 5.41) is 0. The van der Waals surface area contributed by atoms with Crippen LogP contribution in [0, 0.1) is 0 Å². The number of aromatic nitrogens is 8. The topological polar surface area (TPSA) is 116 Å². The van der Waals surface area contributed by atoms with Gasteiger partial charge >= 0.3 is 0 Å². The first kappa shape index (κ1) is 51.4. The molecule has 0 radical (unpaired) electrons. The first-order valence-electron chi connectivity index (χ1n) is 29.0. The van der Waals surface area contributed by atoms with Crippen LogP contribution in [0.2, 0.25) is 0 Å². The van der Waals surface area contributed by atoms with Gasteiger partial charge in [0, 0.05) is 82.2 Å². The van der Waals surface area contributed by atoms with Crippen molar-refractivity contribution in [3.8, 4) is 79.2 Å². The summed E-state index contributed by atoms with van der Waals surface area (Å²) >= 11 is 0. The molecule has 6 aromatic heterocycles. The Balaban J connectivity index is 0.979. The monoisotopic (exact) mass is 1130 g/mol. The zero-order valence-electron chi connectivity index (χ0n) is 47.2. The predicted molar refractivity (Wildman–Crippen MR) is 353 cm³/mol. The zero-order chi connectivity index (χ0) is 58.3. The van der Waals surface area contributed by atoms with E-state index in [1.165, 1.54) is 0 Å². The molecule has 0 bridgehead atoms. The van der Waals surface area contributed by atoms with E-state index >= 15 is 0 Å². The van der Waals surface area contributed by atoms with Gasteiger partial charge in [-0.3, -0.25) is 19.9 Å². The fraction of sp³-hybridized carbons (Fsp3) is 0. The quantitative estimate of drug-likeness (QED) is 0.123. The molecular weight excluding hydrogens is 1080 g/mol. The van der Waals surface area contributed by atoms with E-state index in [4.69, 9.17) is 29.9 Å². The maximum atomic E-state index is 5.53. The number of rotatable bonds is 11. The smallest absolute Gasteiger partial charge is 0.161 e. The number of hydrogen-bond donors (Lipinski definition) is 0. The highest BCUT2D eigenvalue weighted by Gasteiger charge is 2.34. The Kier molecular flexibility index (Phi) is 12.9. The molecule has 0 saturated carbocycles. The Morgan fingerprint density at radius 3 is 0.875 bits per heavy atom. The molecule has 0 saturated heterocycles. The van der Waals surface area contributed by atoms with Gasteiger partial charge in [0.25, 0.3) is 0 Å². The lowest BCUT2D eigenvalue weighted by atomic mass is 9.92. The highest BCUT2D eigenvalue weighted by atomic mass is 15.3. The molecule has 12 nitrogen and oxygen atoms in total. The van der Waals surface area contributed by atoms with Gasteiger partial charge in [0.2, 0.25) is 0 Å². The molecule has 16 rings (SSSR count). The van der Waals surface area contributed by atoms with Crippen LogP contribution >= 0.6 is 0 Å². The van der Waals surface area contributed by atoms with E-state index in [1.54, 1.807) is 24.8 Å². The van der Waals surface area contributed by atoms with Crippen molar-refractivity contribution in [1.82, 2.24) is 39.9 Å². The van der Waals surface area contributed by atoms with E-state index in [-0.39, 0.29) is 0 Å². The van der Waals surface area contributed by atoms with Gasteiger partial charge in [-0.25, -0.2) is 19.9 Å². The average molecular weight is 1130 g/mol. The Morgan fingerprint density at radius 1 is 0.216 bits per heavy atom. The van der Waals surface area contributed by atoms with Crippen LogP contribution in [0.5, 0.6) is 0 Å². The summed E-state index contributed by atoms with van der Waals surface area (Å²) in [5.74, 6) is 0.968. The third kappa shape index (κ3) is 9.21. The summed E-state index contributed by atoms with van der Waals surface area (Å²) in [6.07, 6.45) is 10.8. The maximum Gasteiger partial charge on any atom is 0.161 e. The Hall–Kier alpha value is -12.3. The number of anilines is 12. The van der Waals surface area contributed by atoms with Crippen LogP contribution in [-0.4, -0.2) is 39.9 Å². The molecule has 88 heavy (non-hydrogen) atoms. The summed E-state index contributed by atoms with van der Waals surface area (Å²) in [6.45, 7) is 0. The van der Waals surface area contributed by atoms with Crippen molar-refractivity contribution >= 4 is 68.2 Å². The van der Waals surface area contributed by atoms with Crippen LogP contribution in [-0.2, 0) is 0 Å². The van der Waals surface area contributed by atoms with Gasteiger partial charge < -0.3 is 19.6 Å². The second kappa shape index (κ2) is 22.0. The molecule has 0 atom stereocenters. The van der Waals surface area contributed by atoms with Crippen LogP contribution < -0.4 is 19.6 Å². The minimum atomic E-state index is 0.484. The van der Waals surface area contributed by atoms with Crippen molar-refractivity contribution < 1.29 is 0 Å². The lowest BCUT2D eigenvalue weighted by Gasteiger charge is -2.40. The minimum Gasteiger partial charge on any atom is -0.306 e. The molecule has 8 heterocycles. The van der Waals surface area contributed by atoms with Crippen molar-refractivity contribution in [2.75, 3.05) is 19.6 Å². The van der Waals surface area contributed by atoms with Crippen LogP contribution in [0.1, 0.15) is 0 Å². The molecule has 0 spiro atoms. The minimum absolute atomic E-state index is 0.484. The van der Waals surface area contributed by atoms with E-state index in [0.717, 1.165) is 102 Å². The van der Waals surface area contributed by atoms with E-state index in [2.05, 4.69) is 224 Å². The highest BCUT2D eigenvalue weighted by molar-refractivity contribution is 6.05. The number of hydrogen-bond acceptors (Lipinski definition) is 12. The van der Waals surface area contributed by atoms with Crippen LogP contribution in [0.3, 0.4) is 0 Å². The number of benzene rings is 8. The van der Waals surface area contributed by atoms with E-state index in [1.807, 2.05) is 85.2 Å². The zero-order valence-corrected chi connectivity index (χ0v) is 47.2. The molecule has 0 amide bonds. The van der Waals surface area contributed by atoms with E-state index in [9.17, 15) is 0 Å². The van der Waals surface area contributed by atoms with Crippen LogP contribution in [0.4, 0.5) is 68.2 Å². The molecule has 12 heteroatoms. The van der Waals surface area contributed by atoms with Gasteiger partial charge in [-0.2, -0.15) is 0 Å². The van der Waals surface area contributed by atoms with Crippen molar-refractivity contribution in [3.63, 3.8) is 0 Å². The first-order chi connectivity index (χ1) is 43.7. The third-order valence-electron chi connectivity index (χ3n) is 16.0. The number of pyridine rings is 4. The predicted octanol–water partition coefficient (Wildman–Crippen LogP) is 19.0. The molecule has 0 aliphatic carbocycles. The van der Waals surface area contributed by atoms with Gasteiger partial charge in [0.05, 0.1) is 79.7 Å². The molecule has 8 aromatic carbocycles. The number of para-hydroxylation sites is 10. The SMILES string of the molecule is c1ccc(N2c3ccccc3N(c3ccc(-c4ccc(N5c6ccccc6N(c6ccccc6)c6ccccc65)cc4-c4nc(-c5cccnc5)cc(-c5ccccn5)n4)c(-c4nc(-c5cccnc5)cc(-c5ccccn5)n4)c3)c3ccccc32)cc1. The van der Waals surface area contributed by atoms with Crippen molar-refractivity contribution in [2.24, 2.45) is 0 Å². The standard InChI is InChI=1S/C76H50N12/c1-3-23-53(24-4-1)85-67-29-7-11-33-71(67)87(72-34-12-8-30-68(72)85)55-37-39-57(59(45-55)75-81-63(51-21-19-41-77-49-51)47-65(83-75)61-27-15-17-43-79-61)58-40-38-56(46-60(58)76-82-64(52-22-20-42-78-50-52)48-66(84-76)62-28-16-18-44-80-62)88-73-35-13-9-31-69(73)86(54-25-5-2-6-26-54)70-32-10-14-36-74(70)88/h1-50H. The Morgan fingerprint density at radius 2 is 0.545 bits per heavy atom. The molecule has 0 fully saturated rings. The summed E-state index contributed by atoms with van der Waals surface area (Å²) in [7, 11) is 0. The second-order valence-corrected chi connectivity index (χ2v) is 21.3. The fourth-order valence-corrected chi connectivity index (χ4v) is 12.1. The van der Waals surface area contributed by atoms with Gasteiger partial charge in [-0.15, -0.1) is 0 Å². The van der Waals surface area contributed by atoms with Crippen LogP contribution in [0.15, 0.2) is 304 Å². The molecule has 0 N–H and O–H groups in total. The Labute approximate surface area is 508 Å². The summed E-state index contributed by atoms with van der Waals surface area (Å²) in [6, 6.07) is 92.3. The average Bonchev–Trinajstić information content (AvgIpc) is 0.868. The van der Waals surface area contributed by atoms with Crippen molar-refractivity contribution in [3.05, 3.63) is 304 Å². The largest absolute Gasteiger partial charge is 0.306 e. The summed E-state index contributed by atoms with van der Waals surface area (Å²) < 4.78 is 0. The van der Waals surface area contributed by atoms with Gasteiger partial charge in [0.1, 0.15) is 0 Å². The number of nitrogens with zero attached hydrogens (tertiary/aromatic N) is 12. The van der Waals surface area contributed by atoms with E-state index < -0.39 is 0 Å². The van der Waals surface area contributed by atoms with Gasteiger partial charge in [0.15, 0.2) is 11.6 Å². The van der Waals surface area contributed by atoms with Gasteiger partial charge in [-0.05, 0) is 169 Å². The lowest BCUT2D eigenvalue weighted by molar-refractivity contribution is 1.15. The third-order valence-corrected chi connectivity index (χ3v) is 16.0. The fourth-order valence-electron chi connectivity index (χ4n) is 12.1. The number of fused-ring (bicyclic) bond motifs is 4. The molecule has 14 aromatic rings. The van der Waals surface area contributed by atoms with E-state index in [0.29, 0.717) is 45.8 Å². The second-order valence-electron chi connectivity index (χ2n) is 21.3. The Bertz CT molecular complexity index is 4360. The maximum absolute atomic E-state index is 5.53. The van der Waals surface area contributed by atoms with Crippen LogP contribution in [0.25, 0.3) is 79.2 Å². The van der Waals surface area contributed by atoms with Crippen molar-refractivity contribution in [2.45, 2.75) is 0 Å². The first-order valence-corrected chi connectivity index (χ1v) is 29.0. The summed E-state index contributed by atoms with van der Waals surface area (Å²) in [4.78, 5) is 50.3. The highest BCUT2D eigenvalue weighted by Crippen LogP contribution is 2.57. The summed E-state index contributed by atoms with van der Waals surface area (Å²) in [5.41, 5.74) is 21.0. The molecule has 414 valence electrons. The normalized spacial score (nSPS) is 12.2. The van der Waals surface area contributed by atoms with Gasteiger partial charge in [-0.1, -0.05) is 109 Å². The molecule has 0 unspecified atom stereocenters. The van der Waals surface area contributed by atoms with Crippen molar-refractivity contribution in [1.29, 1.82) is 0 Å². The molecular formula is C76H50N12. The molecule has 2 aliphatic rings.